The van der Waals surface area contributed by atoms with Gasteiger partial charge < -0.3 is 18.9 Å². The molecule has 4 rings (SSSR count). The second kappa shape index (κ2) is 13.4. The first-order valence-corrected chi connectivity index (χ1v) is 14.5. The van der Waals surface area contributed by atoms with Crippen molar-refractivity contribution in [3.05, 3.63) is 0 Å². The standard InChI is InChI=1S/2C13H24O2.2C2H6/c2*1-8(2)6-13-7-14-12(10(5)15-13)11(13)9(3)4;2*1-2/h2*8-12H,6-7H2,1-5H3;2*1-2H3. The molecule has 4 saturated heterocycles. The predicted octanol–water partition coefficient (Wildman–Crippen LogP) is 7.77. The Kier molecular flexibility index (Phi) is 12.6. The molecule has 4 aliphatic heterocycles. The molecule has 204 valence electrons. The van der Waals surface area contributed by atoms with Crippen LogP contribution in [-0.4, -0.2) is 48.8 Å². The summed E-state index contributed by atoms with van der Waals surface area (Å²) in [4.78, 5) is 0. The predicted molar refractivity (Wildman–Crippen MR) is 144 cm³/mol. The lowest BCUT2D eigenvalue weighted by Crippen LogP contribution is -2.40. The van der Waals surface area contributed by atoms with Crippen molar-refractivity contribution in [1.82, 2.24) is 0 Å². The Morgan fingerprint density at radius 1 is 0.588 bits per heavy atom. The minimum Gasteiger partial charge on any atom is -0.372 e. The molecule has 4 nitrogen and oxygen atoms in total. The number of ether oxygens (including phenoxy) is 4. The Bertz CT molecular complexity index is 524. The zero-order chi connectivity index (χ0) is 26.4. The van der Waals surface area contributed by atoms with E-state index in [9.17, 15) is 0 Å². The van der Waals surface area contributed by atoms with Gasteiger partial charge in [0.25, 0.3) is 0 Å². The van der Waals surface area contributed by atoms with Crippen molar-refractivity contribution < 1.29 is 18.9 Å². The van der Waals surface area contributed by atoms with Crippen LogP contribution in [0, 0.1) is 35.5 Å². The summed E-state index contributed by atoms with van der Waals surface area (Å²) in [6.45, 7) is 32.2. The van der Waals surface area contributed by atoms with Crippen molar-refractivity contribution in [3.63, 3.8) is 0 Å². The smallest absolute Gasteiger partial charge is 0.0978 e. The zero-order valence-electron chi connectivity index (χ0n) is 25.2. The van der Waals surface area contributed by atoms with Gasteiger partial charge in [-0.05, 0) is 50.4 Å². The molecule has 0 N–H and O–H groups in total. The average Bonchev–Trinajstić information content (AvgIpc) is 3.43. The molecule has 0 aliphatic carbocycles. The SMILES string of the molecule is CC.CC.CC(C)CC12COC(C(C)O1)C2C(C)C.CC(C)CC12COC(C(C)O1)C2C(C)C. The van der Waals surface area contributed by atoms with E-state index in [1.807, 2.05) is 27.7 Å². The summed E-state index contributed by atoms with van der Waals surface area (Å²) in [5.41, 5.74) is 0.0405. The van der Waals surface area contributed by atoms with E-state index in [0.29, 0.717) is 47.7 Å². The van der Waals surface area contributed by atoms with Crippen LogP contribution in [-0.2, 0) is 18.9 Å². The first-order valence-electron chi connectivity index (χ1n) is 14.5. The molecule has 4 aliphatic rings. The molecule has 0 amide bonds. The highest BCUT2D eigenvalue weighted by Crippen LogP contribution is 2.52. The van der Waals surface area contributed by atoms with E-state index in [-0.39, 0.29) is 23.4 Å². The third kappa shape index (κ3) is 6.58. The number of fused-ring (bicyclic) bond motifs is 4. The summed E-state index contributed by atoms with van der Waals surface area (Å²) in [6, 6.07) is 0. The highest BCUT2D eigenvalue weighted by Gasteiger charge is 2.61. The van der Waals surface area contributed by atoms with E-state index in [4.69, 9.17) is 18.9 Å². The van der Waals surface area contributed by atoms with Gasteiger partial charge in [-0.15, -0.1) is 0 Å². The maximum absolute atomic E-state index is 6.21. The topological polar surface area (TPSA) is 36.9 Å². The lowest BCUT2D eigenvalue weighted by molar-refractivity contribution is -0.143. The summed E-state index contributed by atoms with van der Waals surface area (Å²) < 4.78 is 24.2. The second-order valence-corrected chi connectivity index (χ2v) is 12.1. The van der Waals surface area contributed by atoms with Gasteiger partial charge in [0, 0.05) is 11.8 Å². The second-order valence-electron chi connectivity index (χ2n) is 12.1. The molecule has 0 radical (unpaired) electrons. The lowest BCUT2D eigenvalue weighted by atomic mass is 9.76. The minimum absolute atomic E-state index is 0.0203. The molecule has 8 atom stereocenters. The monoisotopic (exact) mass is 484 g/mol. The van der Waals surface area contributed by atoms with E-state index < -0.39 is 0 Å². The number of hydrogen-bond donors (Lipinski definition) is 0. The lowest BCUT2D eigenvalue weighted by Gasteiger charge is -2.34. The van der Waals surface area contributed by atoms with Crippen molar-refractivity contribution in [3.8, 4) is 0 Å². The Morgan fingerprint density at radius 2 is 0.882 bits per heavy atom. The van der Waals surface area contributed by atoms with Crippen LogP contribution in [0.1, 0.15) is 110 Å². The van der Waals surface area contributed by atoms with Crippen LogP contribution in [0.25, 0.3) is 0 Å². The summed E-state index contributed by atoms with van der Waals surface area (Å²) in [5, 5.41) is 0. The van der Waals surface area contributed by atoms with E-state index in [0.717, 1.165) is 26.1 Å². The van der Waals surface area contributed by atoms with E-state index >= 15 is 0 Å². The van der Waals surface area contributed by atoms with Crippen LogP contribution < -0.4 is 0 Å². The summed E-state index contributed by atoms with van der Waals surface area (Å²) >= 11 is 0. The van der Waals surface area contributed by atoms with Gasteiger partial charge >= 0.3 is 0 Å². The van der Waals surface area contributed by atoms with Crippen LogP contribution in [0.4, 0.5) is 0 Å². The molecule has 0 aromatic rings. The fourth-order valence-corrected chi connectivity index (χ4v) is 7.27. The number of rotatable bonds is 6. The molecule has 0 aromatic heterocycles. The van der Waals surface area contributed by atoms with Gasteiger partial charge in [0.2, 0.25) is 0 Å². The summed E-state index contributed by atoms with van der Waals surface area (Å²) in [7, 11) is 0. The first-order chi connectivity index (χ1) is 15.9. The van der Waals surface area contributed by atoms with Gasteiger partial charge in [-0.1, -0.05) is 83.1 Å². The average molecular weight is 485 g/mol. The van der Waals surface area contributed by atoms with Crippen LogP contribution in [0.15, 0.2) is 0 Å². The van der Waals surface area contributed by atoms with Crippen molar-refractivity contribution in [2.45, 2.75) is 145 Å². The van der Waals surface area contributed by atoms with Gasteiger partial charge in [-0.2, -0.15) is 0 Å². The fraction of sp³-hybridized carbons (Fsp3) is 1.00. The number of hydrogen-bond acceptors (Lipinski definition) is 4. The molecule has 0 spiro atoms. The van der Waals surface area contributed by atoms with Crippen LogP contribution in [0.5, 0.6) is 0 Å². The molecule has 34 heavy (non-hydrogen) atoms. The Labute approximate surface area is 213 Å². The Morgan fingerprint density at radius 3 is 1.09 bits per heavy atom. The summed E-state index contributed by atoms with van der Waals surface area (Å²) in [6.07, 6.45) is 3.51. The third-order valence-electron chi connectivity index (χ3n) is 7.67. The molecular weight excluding hydrogens is 424 g/mol. The van der Waals surface area contributed by atoms with Crippen LogP contribution >= 0.6 is 0 Å². The highest BCUT2D eigenvalue weighted by atomic mass is 16.6. The normalized spacial score (nSPS) is 39.7. The fourth-order valence-electron chi connectivity index (χ4n) is 7.27. The molecular formula is C30H60O4. The molecule has 0 aromatic carbocycles. The van der Waals surface area contributed by atoms with E-state index in [2.05, 4.69) is 69.2 Å². The largest absolute Gasteiger partial charge is 0.372 e. The zero-order valence-corrected chi connectivity index (χ0v) is 25.2. The van der Waals surface area contributed by atoms with Gasteiger partial charge in [0.05, 0.1) is 48.8 Å². The maximum Gasteiger partial charge on any atom is 0.0978 e. The molecule has 4 bridgehead atoms. The Balaban J connectivity index is 0.000000297. The van der Waals surface area contributed by atoms with Crippen LogP contribution in [0.3, 0.4) is 0 Å². The molecule has 0 saturated carbocycles. The van der Waals surface area contributed by atoms with Gasteiger partial charge in [-0.25, -0.2) is 0 Å². The molecule has 4 fully saturated rings. The highest BCUT2D eigenvalue weighted by molar-refractivity contribution is 5.08. The van der Waals surface area contributed by atoms with E-state index in [1.165, 1.54) is 0 Å². The maximum atomic E-state index is 6.21. The molecule has 4 heterocycles. The quantitative estimate of drug-likeness (QED) is 0.386. The molecule has 4 heteroatoms. The molecule has 8 unspecified atom stereocenters. The van der Waals surface area contributed by atoms with Crippen molar-refractivity contribution in [2.24, 2.45) is 35.5 Å². The van der Waals surface area contributed by atoms with Crippen molar-refractivity contribution >= 4 is 0 Å². The van der Waals surface area contributed by atoms with Crippen LogP contribution in [0.2, 0.25) is 0 Å². The van der Waals surface area contributed by atoms with Gasteiger partial charge in [-0.3, -0.25) is 0 Å². The third-order valence-corrected chi connectivity index (χ3v) is 7.67. The Hall–Kier alpha value is -0.160. The van der Waals surface area contributed by atoms with Gasteiger partial charge in [0.15, 0.2) is 0 Å². The van der Waals surface area contributed by atoms with Gasteiger partial charge in [0.1, 0.15) is 0 Å². The van der Waals surface area contributed by atoms with Crippen molar-refractivity contribution in [2.75, 3.05) is 13.2 Å². The van der Waals surface area contributed by atoms with Crippen molar-refractivity contribution in [1.29, 1.82) is 0 Å². The first kappa shape index (κ1) is 31.9. The van der Waals surface area contributed by atoms with E-state index in [1.54, 1.807) is 0 Å². The summed E-state index contributed by atoms with van der Waals surface area (Å²) in [5.74, 6) is 3.85. The minimum atomic E-state index is 0.0203.